The summed E-state index contributed by atoms with van der Waals surface area (Å²) in [5.74, 6) is -1.65. The minimum Gasteiger partial charge on any atom is -0.449 e. The number of hydrogen-bond acceptors (Lipinski definition) is 7. The summed E-state index contributed by atoms with van der Waals surface area (Å²) < 4.78 is 28.4. The quantitative estimate of drug-likeness (QED) is 0.443. The molecule has 1 unspecified atom stereocenters. The first-order chi connectivity index (χ1) is 13.0. The molecule has 0 aliphatic heterocycles. The van der Waals surface area contributed by atoms with Gasteiger partial charge in [0.05, 0.1) is 15.4 Å². The van der Waals surface area contributed by atoms with Gasteiger partial charge in [0.2, 0.25) is 0 Å². The van der Waals surface area contributed by atoms with Crippen molar-refractivity contribution in [1.82, 2.24) is 0 Å². The van der Waals surface area contributed by atoms with Gasteiger partial charge in [-0.25, -0.2) is 13.2 Å². The highest BCUT2D eigenvalue weighted by molar-refractivity contribution is 7.90. The Morgan fingerprint density at radius 1 is 1.18 bits per heavy atom. The molecular weight excluding hydrogens is 388 g/mol. The first kappa shape index (κ1) is 21.0. The summed E-state index contributed by atoms with van der Waals surface area (Å²) in [7, 11) is -3.52. The number of carbonyl (C=O) groups excluding carboxylic acids is 2. The Labute approximate surface area is 161 Å². The molecule has 0 saturated carbocycles. The molecule has 1 amide bonds. The maximum Gasteiger partial charge on any atom is 0.339 e. The minimum atomic E-state index is -3.52. The number of para-hydroxylation sites is 2. The average molecular weight is 406 g/mol. The Balaban J connectivity index is 2.17. The van der Waals surface area contributed by atoms with Crippen LogP contribution in [0.1, 0.15) is 22.8 Å². The van der Waals surface area contributed by atoms with E-state index < -0.39 is 32.7 Å². The molecule has 28 heavy (non-hydrogen) atoms. The van der Waals surface area contributed by atoms with Crippen LogP contribution in [-0.4, -0.2) is 37.6 Å². The van der Waals surface area contributed by atoms with Crippen LogP contribution < -0.4 is 5.32 Å². The predicted octanol–water partition coefficient (Wildman–Crippen LogP) is 2.49. The van der Waals surface area contributed by atoms with E-state index >= 15 is 0 Å². The standard InChI is InChI=1S/C18H18N2O7S/c1-11-8-9-13(28(3,25)26)10-14(11)18(22)27-12(2)17(21)19-15-6-4-5-7-16(15)20(23)24/h4-10,12H,1-3H3,(H,19,21). The fraction of sp³-hybridized carbons (Fsp3) is 0.222. The van der Waals surface area contributed by atoms with Gasteiger partial charge in [0.1, 0.15) is 5.69 Å². The number of hydrogen-bond donors (Lipinski definition) is 1. The van der Waals surface area contributed by atoms with Crippen molar-refractivity contribution in [3.05, 3.63) is 63.7 Å². The number of anilines is 1. The average Bonchev–Trinajstić information content (AvgIpc) is 2.61. The van der Waals surface area contributed by atoms with Crippen molar-refractivity contribution < 1.29 is 27.7 Å². The molecule has 0 saturated heterocycles. The zero-order valence-electron chi connectivity index (χ0n) is 15.3. The fourth-order valence-electron chi connectivity index (χ4n) is 2.30. The first-order valence-electron chi connectivity index (χ1n) is 8.06. The largest absolute Gasteiger partial charge is 0.449 e. The molecule has 0 spiro atoms. The van der Waals surface area contributed by atoms with E-state index in [4.69, 9.17) is 4.74 Å². The molecule has 148 valence electrons. The van der Waals surface area contributed by atoms with Gasteiger partial charge in [0, 0.05) is 12.3 Å². The number of nitro benzene ring substituents is 1. The molecule has 0 aliphatic rings. The monoisotopic (exact) mass is 406 g/mol. The Kier molecular flexibility index (Phi) is 6.14. The third kappa shape index (κ3) is 4.92. The van der Waals surface area contributed by atoms with Gasteiger partial charge in [0.15, 0.2) is 15.9 Å². The van der Waals surface area contributed by atoms with Crippen LogP contribution in [0.3, 0.4) is 0 Å². The Morgan fingerprint density at radius 3 is 2.43 bits per heavy atom. The summed E-state index contributed by atoms with van der Waals surface area (Å²) in [6.45, 7) is 2.90. The van der Waals surface area contributed by atoms with Gasteiger partial charge < -0.3 is 10.1 Å². The number of amides is 1. The summed E-state index contributed by atoms with van der Waals surface area (Å²) in [5, 5.41) is 13.4. The van der Waals surface area contributed by atoms with E-state index in [1.54, 1.807) is 6.92 Å². The van der Waals surface area contributed by atoms with Crippen molar-refractivity contribution in [2.45, 2.75) is 24.8 Å². The van der Waals surface area contributed by atoms with E-state index in [0.717, 1.165) is 6.26 Å². The second-order valence-electron chi connectivity index (χ2n) is 6.06. The van der Waals surface area contributed by atoms with Gasteiger partial charge in [0.25, 0.3) is 11.6 Å². The van der Waals surface area contributed by atoms with Crippen molar-refractivity contribution in [2.75, 3.05) is 11.6 Å². The molecule has 0 radical (unpaired) electrons. The fourth-order valence-corrected chi connectivity index (χ4v) is 2.95. The number of rotatable bonds is 6. The van der Waals surface area contributed by atoms with Crippen molar-refractivity contribution >= 4 is 33.1 Å². The highest BCUT2D eigenvalue weighted by atomic mass is 32.2. The SMILES string of the molecule is Cc1ccc(S(C)(=O)=O)cc1C(=O)OC(C)C(=O)Nc1ccccc1[N+](=O)[O-]. The Morgan fingerprint density at radius 2 is 1.82 bits per heavy atom. The number of benzene rings is 2. The summed E-state index contributed by atoms with van der Waals surface area (Å²) in [6.07, 6.45) is -0.260. The number of sulfone groups is 1. The zero-order chi connectivity index (χ0) is 21.1. The molecular formula is C18H18N2O7S. The molecule has 0 aliphatic carbocycles. The molecule has 1 atom stereocenters. The second kappa shape index (κ2) is 8.17. The van der Waals surface area contributed by atoms with Crippen LogP contribution in [0.15, 0.2) is 47.4 Å². The van der Waals surface area contributed by atoms with Crippen LogP contribution in [0, 0.1) is 17.0 Å². The number of carbonyl (C=O) groups is 2. The van der Waals surface area contributed by atoms with Gasteiger partial charge in [-0.3, -0.25) is 14.9 Å². The number of nitrogens with one attached hydrogen (secondary N) is 1. The van der Waals surface area contributed by atoms with E-state index in [-0.39, 0.29) is 21.8 Å². The molecule has 0 fully saturated rings. The predicted molar refractivity (Wildman–Crippen MR) is 101 cm³/mol. The number of ether oxygens (including phenoxy) is 1. The van der Waals surface area contributed by atoms with Gasteiger partial charge >= 0.3 is 5.97 Å². The normalized spacial score (nSPS) is 12.1. The van der Waals surface area contributed by atoms with Gasteiger partial charge in [-0.15, -0.1) is 0 Å². The van der Waals surface area contributed by atoms with Gasteiger partial charge in [-0.1, -0.05) is 18.2 Å². The van der Waals surface area contributed by atoms with Gasteiger partial charge in [-0.2, -0.15) is 0 Å². The Hall–Kier alpha value is -3.27. The summed E-state index contributed by atoms with van der Waals surface area (Å²) in [5.41, 5.74) is 0.152. The first-order valence-corrected chi connectivity index (χ1v) is 9.96. The van der Waals surface area contributed by atoms with Crippen LogP contribution in [0.5, 0.6) is 0 Å². The van der Waals surface area contributed by atoms with E-state index in [1.165, 1.54) is 49.4 Å². The van der Waals surface area contributed by atoms with E-state index in [9.17, 15) is 28.1 Å². The number of nitro groups is 1. The summed E-state index contributed by atoms with van der Waals surface area (Å²) >= 11 is 0. The smallest absolute Gasteiger partial charge is 0.339 e. The van der Waals surface area contributed by atoms with E-state index in [1.807, 2.05) is 0 Å². The second-order valence-corrected chi connectivity index (χ2v) is 8.08. The molecule has 2 aromatic rings. The maximum atomic E-state index is 12.4. The van der Waals surface area contributed by atoms with Crippen LogP contribution in [0.25, 0.3) is 0 Å². The Bertz CT molecular complexity index is 1050. The lowest BCUT2D eigenvalue weighted by atomic mass is 10.1. The molecule has 2 rings (SSSR count). The highest BCUT2D eigenvalue weighted by Crippen LogP contribution is 2.23. The maximum absolute atomic E-state index is 12.4. The van der Waals surface area contributed by atoms with E-state index in [0.29, 0.717) is 5.56 Å². The van der Waals surface area contributed by atoms with Crippen LogP contribution >= 0.6 is 0 Å². The molecule has 0 bridgehead atoms. The molecule has 10 heteroatoms. The molecule has 0 heterocycles. The summed E-state index contributed by atoms with van der Waals surface area (Å²) in [6, 6.07) is 9.56. The molecule has 2 aromatic carbocycles. The lowest BCUT2D eigenvalue weighted by Gasteiger charge is -2.15. The number of esters is 1. The van der Waals surface area contributed by atoms with Crippen molar-refractivity contribution in [1.29, 1.82) is 0 Å². The molecule has 1 N–H and O–H groups in total. The van der Waals surface area contributed by atoms with Crippen LogP contribution in [-0.2, 0) is 19.4 Å². The zero-order valence-corrected chi connectivity index (χ0v) is 16.1. The molecule has 0 aromatic heterocycles. The van der Waals surface area contributed by atoms with Crippen molar-refractivity contribution in [3.63, 3.8) is 0 Å². The van der Waals surface area contributed by atoms with Crippen LogP contribution in [0.4, 0.5) is 11.4 Å². The highest BCUT2D eigenvalue weighted by Gasteiger charge is 2.23. The minimum absolute atomic E-state index is 0.00765. The van der Waals surface area contributed by atoms with Crippen molar-refractivity contribution in [2.24, 2.45) is 0 Å². The summed E-state index contributed by atoms with van der Waals surface area (Å²) in [4.78, 5) is 34.9. The number of nitrogens with zero attached hydrogens (tertiary/aromatic N) is 1. The van der Waals surface area contributed by atoms with E-state index in [2.05, 4.69) is 5.32 Å². The third-order valence-corrected chi connectivity index (χ3v) is 4.98. The lowest BCUT2D eigenvalue weighted by molar-refractivity contribution is -0.383. The third-order valence-electron chi connectivity index (χ3n) is 3.87. The molecule has 9 nitrogen and oxygen atoms in total. The van der Waals surface area contributed by atoms with Crippen molar-refractivity contribution in [3.8, 4) is 0 Å². The van der Waals surface area contributed by atoms with Crippen LogP contribution in [0.2, 0.25) is 0 Å². The number of aryl methyl sites for hydroxylation is 1. The topological polar surface area (TPSA) is 133 Å². The van der Waals surface area contributed by atoms with Gasteiger partial charge in [-0.05, 0) is 37.6 Å². The lowest BCUT2D eigenvalue weighted by Crippen LogP contribution is -2.30.